The number of halogens is 3. The van der Waals surface area contributed by atoms with Crippen LogP contribution in [0.1, 0.15) is 24.5 Å². The Hall–Kier alpha value is -1.56. The molecule has 1 amide bonds. The smallest absolute Gasteiger partial charge is 0.380 e. The molecule has 0 saturated heterocycles. The maximum Gasteiger partial charge on any atom is 0.417 e. The lowest BCUT2D eigenvalue weighted by Crippen LogP contribution is -2.46. The summed E-state index contributed by atoms with van der Waals surface area (Å²) in [5.41, 5.74) is -1.18. The van der Waals surface area contributed by atoms with Crippen molar-refractivity contribution in [1.29, 1.82) is 0 Å². The Labute approximate surface area is 109 Å². The van der Waals surface area contributed by atoms with E-state index in [1.165, 1.54) is 0 Å². The van der Waals surface area contributed by atoms with Crippen molar-refractivity contribution >= 4 is 5.91 Å². The summed E-state index contributed by atoms with van der Waals surface area (Å²) in [6, 6.07) is 7.23. The number of hydrogen-bond acceptors (Lipinski definition) is 2. The Morgan fingerprint density at radius 3 is 2.26 bits per heavy atom. The van der Waals surface area contributed by atoms with Crippen LogP contribution < -0.4 is 5.32 Å². The van der Waals surface area contributed by atoms with E-state index in [0.717, 1.165) is 11.1 Å². The monoisotopic (exact) mass is 275 g/mol. The molecule has 0 heterocycles. The second kappa shape index (κ2) is 5.61. The van der Waals surface area contributed by atoms with E-state index in [4.69, 9.17) is 5.11 Å². The van der Waals surface area contributed by atoms with E-state index >= 15 is 0 Å². The van der Waals surface area contributed by atoms with Gasteiger partial charge in [0.2, 0.25) is 5.91 Å². The van der Waals surface area contributed by atoms with Gasteiger partial charge in [-0.3, -0.25) is 4.79 Å². The molecule has 0 aliphatic rings. The third kappa shape index (κ3) is 4.55. The van der Waals surface area contributed by atoms with Crippen LogP contribution in [0.15, 0.2) is 24.3 Å². The van der Waals surface area contributed by atoms with Crippen LogP contribution in [0.4, 0.5) is 13.2 Å². The van der Waals surface area contributed by atoms with Crippen molar-refractivity contribution in [3.8, 4) is 0 Å². The van der Waals surface area contributed by atoms with E-state index in [9.17, 15) is 18.0 Å². The molecule has 19 heavy (non-hydrogen) atoms. The van der Waals surface area contributed by atoms with Gasteiger partial charge in [0.15, 0.2) is 5.60 Å². The lowest BCUT2D eigenvalue weighted by Gasteiger charge is -2.25. The van der Waals surface area contributed by atoms with E-state index in [1.807, 2.05) is 19.1 Å². The first-order valence-electron chi connectivity index (χ1n) is 5.73. The van der Waals surface area contributed by atoms with Gasteiger partial charge < -0.3 is 10.4 Å². The molecule has 3 nitrogen and oxygen atoms in total. The second-order valence-electron chi connectivity index (χ2n) is 4.71. The SMILES string of the molecule is Cc1ccc(CNC(=O)CC(C)(O)C(F)(F)F)cc1. The van der Waals surface area contributed by atoms with Gasteiger partial charge in [0.1, 0.15) is 0 Å². The zero-order chi connectivity index (χ0) is 14.7. The lowest BCUT2D eigenvalue weighted by atomic mass is 10.0. The molecule has 0 fully saturated rings. The number of benzene rings is 1. The normalized spacial score (nSPS) is 14.8. The summed E-state index contributed by atoms with van der Waals surface area (Å²) in [5.74, 6) is -0.845. The van der Waals surface area contributed by atoms with Crippen molar-refractivity contribution in [1.82, 2.24) is 5.32 Å². The highest BCUT2D eigenvalue weighted by Gasteiger charge is 2.50. The van der Waals surface area contributed by atoms with Crippen LogP contribution in [0.2, 0.25) is 0 Å². The summed E-state index contributed by atoms with van der Waals surface area (Å²) in [7, 11) is 0. The molecule has 1 rings (SSSR count). The lowest BCUT2D eigenvalue weighted by molar-refractivity contribution is -0.253. The van der Waals surface area contributed by atoms with Crippen LogP contribution in [0.25, 0.3) is 0 Å². The molecule has 0 bridgehead atoms. The quantitative estimate of drug-likeness (QED) is 0.886. The molecule has 0 saturated carbocycles. The summed E-state index contributed by atoms with van der Waals surface area (Å²) in [6.45, 7) is 2.62. The number of nitrogens with one attached hydrogen (secondary N) is 1. The minimum atomic E-state index is -4.83. The Kier molecular flexibility index (Phi) is 4.57. The average molecular weight is 275 g/mol. The minimum absolute atomic E-state index is 0.132. The first kappa shape index (κ1) is 15.5. The molecular weight excluding hydrogens is 259 g/mol. The topological polar surface area (TPSA) is 49.3 Å². The van der Waals surface area contributed by atoms with Gasteiger partial charge in [0.25, 0.3) is 0 Å². The Balaban J connectivity index is 2.51. The van der Waals surface area contributed by atoms with Gasteiger partial charge in [-0.05, 0) is 19.4 Å². The molecule has 0 aliphatic heterocycles. The van der Waals surface area contributed by atoms with Gasteiger partial charge in [0.05, 0.1) is 6.42 Å². The van der Waals surface area contributed by atoms with Crippen molar-refractivity contribution in [2.45, 2.75) is 38.6 Å². The van der Waals surface area contributed by atoms with Gasteiger partial charge in [0, 0.05) is 6.54 Å². The molecule has 1 aromatic carbocycles. The highest BCUT2D eigenvalue weighted by Crippen LogP contribution is 2.32. The predicted molar refractivity (Wildman–Crippen MR) is 64.3 cm³/mol. The van der Waals surface area contributed by atoms with Gasteiger partial charge >= 0.3 is 6.18 Å². The van der Waals surface area contributed by atoms with E-state index in [1.54, 1.807) is 12.1 Å². The number of hydrogen-bond donors (Lipinski definition) is 2. The van der Waals surface area contributed by atoms with E-state index < -0.39 is 24.1 Å². The summed E-state index contributed by atoms with van der Waals surface area (Å²) in [5, 5.41) is 11.5. The fourth-order valence-corrected chi connectivity index (χ4v) is 1.38. The average Bonchev–Trinajstić information content (AvgIpc) is 2.26. The molecule has 0 aromatic heterocycles. The molecule has 2 N–H and O–H groups in total. The molecule has 1 unspecified atom stereocenters. The minimum Gasteiger partial charge on any atom is -0.380 e. The summed E-state index contributed by atoms with van der Waals surface area (Å²) in [4.78, 5) is 11.4. The van der Waals surface area contributed by atoms with Gasteiger partial charge in [-0.25, -0.2) is 0 Å². The standard InChI is InChI=1S/C13H16F3NO2/c1-9-3-5-10(6-4-9)8-17-11(18)7-12(2,19)13(14,15)16/h3-6,19H,7-8H2,1-2H3,(H,17,18). The Morgan fingerprint density at radius 1 is 1.26 bits per heavy atom. The van der Waals surface area contributed by atoms with E-state index in [0.29, 0.717) is 6.92 Å². The Morgan fingerprint density at radius 2 is 1.79 bits per heavy atom. The van der Waals surface area contributed by atoms with E-state index in [2.05, 4.69) is 5.32 Å². The zero-order valence-electron chi connectivity index (χ0n) is 10.7. The van der Waals surface area contributed by atoms with Crippen LogP contribution in [0.5, 0.6) is 0 Å². The molecule has 1 aromatic rings. The fraction of sp³-hybridized carbons (Fsp3) is 0.462. The number of carbonyl (C=O) groups excluding carboxylic acids is 1. The van der Waals surface area contributed by atoms with Crippen molar-refractivity contribution in [2.24, 2.45) is 0 Å². The molecule has 0 aliphatic carbocycles. The number of alkyl halides is 3. The third-order valence-electron chi connectivity index (χ3n) is 2.73. The number of aryl methyl sites for hydroxylation is 1. The molecular formula is C13H16F3NO2. The number of amides is 1. The van der Waals surface area contributed by atoms with Crippen LogP contribution >= 0.6 is 0 Å². The highest BCUT2D eigenvalue weighted by atomic mass is 19.4. The fourth-order valence-electron chi connectivity index (χ4n) is 1.38. The zero-order valence-corrected chi connectivity index (χ0v) is 10.7. The number of carbonyl (C=O) groups is 1. The molecule has 0 spiro atoms. The van der Waals surface area contributed by atoms with Gasteiger partial charge in [-0.2, -0.15) is 13.2 Å². The second-order valence-corrected chi connectivity index (χ2v) is 4.71. The first-order valence-corrected chi connectivity index (χ1v) is 5.73. The number of aliphatic hydroxyl groups is 1. The van der Waals surface area contributed by atoms with Crippen molar-refractivity contribution in [3.63, 3.8) is 0 Å². The molecule has 1 atom stereocenters. The summed E-state index contributed by atoms with van der Waals surface area (Å²) < 4.78 is 37.1. The van der Waals surface area contributed by atoms with Crippen molar-refractivity contribution in [3.05, 3.63) is 35.4 Å². The predicted octanol–water partition coefficient (Wildman–Crippen LogP) is 2.31. The molecule has 106 valence electrons. The van der Waals surface area contributed by atoms with Crippen LogP contribution in [-0.2, 0) is 11.3 Å². The Bertz CT molecular complexity index is 438. The number of rotatable bonds is 4. The van der Waals surface area contributed by atoms with Gasteiger partial charge in [-0.15, -0.1) is 0 Å². The largest absolute Gasteiger partial charge is 0.417 e. The summed E-state index contributed by atoms with van der Waals surface area (Å²) >= 11 is 0. The summed E-state index contributed by atoms with van der Waals surface area (Å²) in [6.07, 6.45) is -5.84. The van der Waals surface area contributed by atoms with Crippen molar-refractivity contribution in [2.75, 3.05) is 0 Å². The van der Waals surface area contributed by atoms with E-state index in [-0.39, 0.29) is 6.54 Å². The van der Waals surface area contributed by atoms with Gasteiger partial charge in [-0.1, -0.05) is 29.8 Å². The highest BCUT2D eigenvalue weighted by molar-refractivity contribution is 5.77. The molecule has 6 heteroatoms. The van der Waals surface area contributed by atoms with Crippen molar-refractivity contribution < 1.29 is 23.1 Å². The molecule has 0 radical (unpaired) electrons. The first-order chi connectivity index (χ1) is 8.62. The maximum atomic E-state index is 12.4. The third-order valence-corrected chi connectivity index (χ3v) is 2.73. The van der Waals surface area contributed by atoms with Crippen LogP contribution in [0.3, 0.4) is 0 Å². The van der Waals surface area contributed by atoms with Crippen LogP contribution in [0, 0.1) is 6.92 Å². The van der Waals surface area contributed by atoms with Crippen LogP contribution in [-0.4, -0.2) is 22.8 Å². The maximum absolute atomic E-state index is 12.4.